The van der Waals surface area contributed by atoms with Crippen LogP contribution in [-0.2, 0) is 13.0 Å². The van der Waals surface area contributed by atoms with Gasteiger partial charge in [0.2, 0.25) is 5.88 Å². The summed E-state index contributed by atoms with van der Waals surface area (Å²) in [7, 11) is 0. The highest BCUT2D eigenvalue weighted by Crippen LogP contribution is 2.29. The summed E-state index contributed by atoms with van der Waals surface area (Å²) in [6.07, 6.45) is 0.805. The number of aliphatic hydroxyl groups excluding tert-OH is 1. The number of rotatable bonds is 4. The molecular weight excluding hydrogens is 262 g/mol. The fourth-order valence-corrected chi connectivity index (χ4v) is 2.34. The molecule has 0 aliphatic heterocycles. The first-order valence-corrected chi connectivity index (χ1v) is 7.06. The molecular formula is C18H17NO2. The largest absolute Gasteiger partial charge is 0.438 e. The fourth-order valence-electron chi connectivity index (χ4n) is 2.34. The quantitative estimate of drug-likeness (QED) is 0.782. The van der Waals surface area contributed by atoms with E-state index in [9.17, 15) is 5.11 Å². The number of aliphatic hydroxyl groups is 1. The first-order valence-electron chi connectivity index (χ1n) is 7.06. The molecule has 1 heterocycles. The summed E-state index contributed by atoms with van der Waals surface area (Å²) in [6, 6.07) is 17.7. The van der Waals surface area contributed by atoms with E-state index < -0.39 is 0 Å². The van der Waals surface area contributed by atoms with E-state index in [0.717, 1.165) is 34.2 Å². The molecule has 0 fully saturated rings. The van der Waals surface area contributed by atoms with Crippen LogP contribution in [0.3, 0.4) is 0 Å². The first-order chi connectivity index (χ1) is 10.3. The van der Waals surface area contributed by atoms with Crippen molar-refractivity contribution in [3.8, 4) is 11.6 Å². The molecule has 0 bridgehead atoms. The van der Waals surface area contributed by atoms with Crippen molar-refractivity contribution in [2.75, 3.05) is 0 Å². The third-order valence-electron chi connectivity index (χ3n) is 3.42. The second-order valence-corrected chi connectivity index (χ2v) is 4.90. The number of ether oxygens (including phenoxy) is 1. The molecule has 0 aliphatic carbocycles. The van der Waals surface area contributed by atoms with E-state index >= 15 is 0 Å². The van der Waals surface area contributed by atoms with Gasteiger partial charge in [-0.25, -0.2) is 4.98 Å². The molecule has 2 aromatic carbocycles. The number of benzene rings is 2. The zero-order valence-corrected chi connectivity index (χ0v) is 11.9. The molecule has 0 aliphatic rings. The second-order valence-electron chi connectivity index (χ2n) is 4.90. The summed E-state index contributed by atoms with van der Waals surface area (Å²) in [4.78, 5) is 4.47. The topological polar surface area (TPSA) is 42.4 Å². The van der Waals surface area contributed by atoms with Crippen LogP contribution in [0, 0.1) is 0 Å². The van der Waals surface area contributed by atoms with Crippen LogP contribution in [0.1, 0.15) is 18.2 Å². The van der Waals surface area contributed by atoms with E-state index in [1.807, 2.05) is 43.3 Å². The van der Waals surface area contributed by atoms with Crippen molar-refractivity contribution in [2.24, 2.45) is 0 Å². The van der Waals surface area contributed by atoms with Gasteiger partial charge in [0.1, 0.15) is 5.75 Å². The molecule has 3 heteroatoms. The number of hydrogen-bond donors (Lipinski definition) is 1. The summed E-state index contributed by atoms with van der Waals surface area (Å²) in [5, 5.41) is 11.5. The van der Waals surface area contributed by atoms with Crippen LogP contribution >= 0.6 is 0 Å². The maximum Gasteiger partial charge on any atom is 0.219 e. The summed E-state index contributed by atoms with van der Waals surface area (Å²) in [6.45, 7) is 2.02. The molecule has 0 spiro atoms. The Morgan fingerprint density at radius 2 is 1.86 bits per heavy atom. The molecule has 3 rings (SSSR count). The predicted octanol–water partition coefficient (Wildman–Crippen LogP) is 4.08. The van der Waals surface area contributed by atoms with Crippen molar-refractivity contribution < 1.29 is 9.84 Å². The van der Waals surface area contributed by atoms with Gasteiger partial charge in [-0.3, -0.25) is 0 Å². The Morgan fingerprint density at radius 1 is 1.05 bits per heavy atom. The average Bonchev–Trinajstić information content (AvgIpc) is 2.55. The standard InChI is InChI=1S/C18H17NO2/c1-2-15-10-13(12-20)11-18(19-15)21-17-9-5-7-14-6-3-4-8-16(14)17/h3-11,20H,2,12H2,1H3. The van der Waals surface area contributed by atoms with Crippen molar-refractivity contribution in [2.45, 2.75) is 20.0 Å². The number of aromatic nitrogens is 1. The Bertz CT molecular complexity index is 741. The lowest BCUT2D eigenvalue weighted by atomic mass is 10.1. The molecule has 0 atom stereocenters. The van der Waals surface area contributed by atoms with Gasteiger partial charge in [-0.1, -0.05) is 43.3 Å². The first kappa shape index (κ1) is 13.6. The van der Waals surface area contributed by atoms with Gasteiger partial charge >= 0.3 is 0 Å². The summed E-state index contributed by atoms with van der Waals surface area (Å²) in [5.41, 5.74) is 1.73. The Labute approximate surface area is 123 Å². The zero-order valence-electron chi connectivity index (χ0n) is 11.9. The maximum absolute atomic E-state index is 9.34. The number of aryl methyl sites for hydroxylation is 1. The van der Waals surface area contributed by atoms with Crippen LogP contribution in [0.2, 0.25) is 0 Å². The van der Waals surface area contributed by atoms with Gasteiger partial charge < -0.3 is 9.84 Å². The van der Waals surface area contributed by atoms with E-state index in [4.69, 9.17) is 4.74 Å². The molecule has 3 nitrogen and oxygen atoms in total. The van der Waals surface area contributed by atoms with Crippen LogP contribution in [-0.4, -0.2) is 10.1 Å². The second kappa shape index (κ2) is 5.94. The SMILES string of the molecule is CCc1cc(CO)cc(Oc2cccc3ccccc23)n1. The van der Waals surface area contributed by atoms with Gasteiger partial charge in [-0.15, -0.1) is 0 Å². The Hall–Kier alpha value is -2.39. The molecule has 0 saturated heterocycles. The van der Waals surface area contributed by atoms with Gasteiger partial charge in [0.05, 0.1) is 6.61 Å². The maximum atomic E-state index is 9.34. The van der Waals surface area contributed by atoms with Crippen molar-refractivity contribution in [3.05, 3.63) is 65.9 Å². The van der Waals surface area contributed by atoms with Gasteiger partial charge in [-0.05, 0) is 29.5 Å². The van der Waals surface area contributed by atoms with Crippen LogP contribution in [0.15, 0.2) is 54.6 Å². The molecule has 3 aromatic rings. The average molecular weight is 279 g/mol. The highest BCUT2D eigenvalue weighted by Gasteiger charge is 2.06. The zero-order chi connectivity index (χ0) is 14.7. The minimum absolute atomic E-state index is 0.0125. The van der Waals surface area contributed by atoms with Gasteiger partial charge in [0, 0.05) is 17.1 Å². The monoisotopic (exact) mass is 279 g/mol. The van der Waals surface area contributed by atoms with E-state index in [1.165, 1.54) is 0 Å². The van der Waals surface area contributed by atoms with Crippen LogP contribution in [0.4, 0.5) is 0 Å². The molecule has 1 aromatic heterocycles. The minimum atomic E-state index is -0.0125. The number of pyridine rings is 1. The molecule has 1 N–H and O–H groups in total. The van der Waals surface area contributed by atoms with Crippen LogP contribution < -0.4 is 4.74 Å². The predicted molar refractivity (Wildman–Crippen MR) is 83.6 cm³/mol. The van der Waals surface area contributed by atoms with Crippen LogP contribution in [0.25, 0.3) is 10.8 Å². The van der Waals surface area contributed by atoms with E-state index in [2.05, 4.69) is 17.1 Å². The highest BCUT2D eigenvalue weighted by molar-refractivity contribution is 5.88. The molecule has 0 saturated carbocycles. The van der Waals surface area contributed by atoms with Crippen LogP contribution in [0.5, 0.6) is 11.6 Å². The lowest BCUT2D eigenvalue weighted by Crippen LogP contribution is -1.96. The van der Waals surface area contributed by atoms with Crippen molar-refractivity contribution in [1.29, 1.82) is 0 Å². The number of hydrogen-bond acceptors (Lipinski definition) is 3. The minimum Gasteiger partial charge on any atom is -0.438 e. The van der Waals surface area contributed by atoms with E-state index in [0.29, 0.717) is 5.88 Å². The van der Waals surface area contributed by atoms with Gasteiger partial charge in [-0.2, -0.15) is 0 Å². The van der Waals surface area contributed by atoms with Crippen molar-refractivity contribution in [3.63, 3.8) is 0 Å². The molecule has 0 unspecified atom stereocenters. The number of nitrogens with zero attached hydrogens (tertiary/aromatic N) is 1. The van der Waals surface area contributed by atoms with Crippen molar-refractivity contribution >= 4 is 10.8 Å². The number of fused-ring (bicyclic) bond motifs is 1. The lowest BCUT2D eigenvalue weighted by molar-refractivity contribution is 0.281. The third-order valence-corrected chi connectivity index (χ3v) is 3.42. The lowest BCUT2D eigenvalue weighted by Gasteiger charge is -2.10. The fraction of sp³-hybridized carbons (Fsp3) is 0.167. The summed E-state index contributed by atoms with van der Waals surface area (Å²) < 4.78 is 5.95. The Balaban J connectivity index is 2.02. The Morgan fingerprint density at radius 3 is 2.67 bits per heavy atom. The summed E-state index contributed by atoms with van der Waals surface area (Å²) in [5.74, 6) is 1.30. The molecule has 0 radical (unpaired) electrons. The molecule has 0 amide bonds. The third kappa shape index (κ3) is 2.88. The molecule has 21 heavy (non-hydrogen) atoms. The molecule has 106 valence electrons. The van der Waals surface area contributed by atoms with Gasteiger partial charge in [0.15, 0.2) is 0 Å². The Kier molecular flexibility index (Phi) is 3.84. The highest BCUT2D eigenvalue weighted by atomic mass is 16.5. The summed E-state index contributed by atoms with van der Waals surface area (Å²) >= 11 is 0. The normalized spacial score (nSPS) is 10.8. The smallest absolute Gasteiger partial charge is 0.219 e. The van der Waals surface area contributed by atoms with Gasteiger partial charge in [0.25, 0.3) is 0 Å². The van der Waals surface area contributed by atoms with E-state index in [-0.39, 0.29) is 6.61 Å². The van der Waals surface area contributed by atoms with Crippen molar-refractivity contribution in [1.82, 2.24) is 4.98 Å². The van der Waals surface area contributed by atoms with E-state index in [1.54, 1.807) is 6.07 Å².